The highest BCUT2D eigenvalue weighted by Gasteiger charge is 2.14. The van der Waals surface area contributed by atoms with E-state index in [0.717, 1.165) is 16.1 Å². The lowest BCUT2D eigenvalue weighted by Crippen LogP contribution is -1.92. The van der Waals surface area contributed by atoms with Crippen LogP contribution in [0.3, 0.4) is 0 Å². The molecule has 0 radical (unpaired) electrons. The summed E-state index contributed by atoms with van der Waals surface area (Å²) in [5.41, 5.74) is 1.33. The van der Waals surface area contributed by atoms with E-state index in [9.17, 15) is 9.50 Å². The number of nitrogens with zero attached hydrogens (tertiary/aromatic N) is 2. The van der Waals surface area contributed by atoms with E-state index in [4.69, 9.17) is 4.52 Å². The second-order valence-corrected chi connectivity index (χ2v) is 5.30. The number of aromatic hydroxyl groups is 1. The van der Waals surface area contributed by atoms with Crippen molar-refractivity contribution in [2.24, 2.45) is 0 Å². The molecule has 1 aromatic heterocycles. The number of benzene rings is 2. The smallest absolute Gasteiger partial charge is 0.261 e. The van der Waals surface area contributed by atoms with Gasteiger partial charge in [-0.2, -0.15) is 4.98 Å². The molecule has 6 heteroatoms. The van der Waals surface area contributed by atoms with Gasteiger partial charge in [0.2, 0.25) is 0 Å². The molecule has 106 valence electrons. The molecule has 0 bridgehead atoms. The normalized spacial score (nSPS) is 10.8. The predicted octanol–water partition coefficient (Wildman–Crippen LogP) is 3.93. The Kier molecular flexibility index (Phi) is 3.70. The van der Waals surface area contributed by atoms with Gasteiger partial charge in [0.1, 0.15) is 11.6 Å². The lowest BCUT2D eigenvalue weighted by atomic mass is 10.1. The van der Waals surface area contributed by atoms with Crippen LogP contribution in [0.15, 0.2) is 51.5 Å². The second kappa shape index (κ2) is 5.65. The molecule has 0 amide bonds. The zero-order valence-electron chi connectivity index (χ0n) is 10.8. The number of hydrogen-bond donors (Lipinski definition) is 1. The summed E-state index contributed by atoms with van der Waals surface area (Å²) < 4.78 is 19.1. The fraction of sp³-hybridized carbons (Fsp3) is 0.0667. The van der Waals surface area contributed by atoms with Crippen LogP contribution in [0, 0.1) is 5.82 Å². The molecule has 1 heterocycles. The molecular formula is C15H10BrFN2O2. The van der Waals surface area contributed by atoms with E-state index in [2.05, 4.69) is 26.1 Å². The average molecular weight is 349 g/mol. The first-order valence-corrected chi connectivity index (χ1v) is 6.97. The van der Waals surface area contributed by atoms with Crippen LogP contribution >= 0.6 is 15.9 Å². The van der Waals surface area contributed by atoms with Gasteiger partial charge in [-0.05, 0) is 23.8 Å². The Hall–Kier alpha value is -2.21. The highest BCUT2D eigenvalue weighted by Crippen LogP contribution is 2.28. The van der Waals surface area contributed by atoms with Gasteiger partial charge >= 0.3 is 0 Å². The third-order valence-electron chi connectivity index (χ3n) is 2.96. The lowest BCUT2D eigenvalue weighted by Gasteiger charge is -1.99. The predicted molar refractivity (Wildman–Crippen MR) is 78.3 cm³/mol. The molecule has 0 aliphatic rings. The maximum Gasteiger partial charge on any atom is 0.261 e. The van der Waals surface area contributed by atoms with Gasteiger partial charge in [0.05, 0.1) is 5.56 Å². The molecule has 0 spiro atoms. The molecule has 4 nitrogen and oxygen atoms in total. The largest absolute Gasteiger partial charge is 0.507 e. The fourth-order valence-electron chi connectivity index (χ4n) is 1.93. The van der Waals surface area contributed by atoms with E-state index < -0.39 is 5.82 Å². The summed E-state index contributed by atoms with van der Waals surface area (Å²) in [6.07, 6.45) is 0.493. The number of halogens is 2. The molecule has 0 saturated heterocycles. The molecule has 0 fully saturated rings. The van der Waals surface area contributed by atoms with E-state index in [0.29, 0.717) is 17.8 Å². The molecule has 0 aliphatic carbocycles. The molecule has 0 aliphatic heterocycles. The summed E-state index contributed by atoms with van der Waals surface area (Å²) in [5.74, 6) is -0.106. The fourth-order valence-corrected chi connectivity index (χ4v) is 2.36. The molecule has 2 aromatic carbocycles. The maximum absolute atomic E-state index is 13.0. The van der Waals surface area contributed by atoms with Crippen LogP contribution in [0.5, 0.6) is 5.75 Å². The summed E-state index contributed by atoms with van der Waals surface area (Å²) in [5, 5.41) is 13.6. The Balaban J connectivity index is 1.88. The van der Waals surface area contributed by atoms with E-state index in [1.807, 2.05) is 24.3 Å². The van der Waals surface area contributed by atoms with Crippen LogP contribution in [0.25, 0.3) is 11.5 Å². The molecule has 1 N–H and O–H groups in total. The van der Waals surface area contributed by atoms with Crippen LogP contribution in [0.1, 0.15) is 11.4 Å². The Bertz CT molecular complexity index is 789. The summed E-state index contributed by atoms with van der Waals surface area (Å²) >= 11 is 3.46. The van der Waals surface area contributed by atoms with Gasteiger partial charge in [-0.15, -0.1) is 0 Å². The minimum atomic E-state index is -0.524. The van der Waals surface area contributed by atoms with Gasteiger partial charge in [0.25, 0.3) is 5.89 Å². The van der Waals surface area contributed by atoms with Crippen LogP contribution in [-0.2, 0) is 6.42 Å². The summed E-state index contributed by atoms with van der Waals surface area (Å²) in [6, 6.07) is 11.4. The Morgan fingerprint density at radius 1 is 1.19 bits per heavy atom. The number of aromatic nitrogens is 2. The third-order valence-corrected chi connectivity index (χ3v) is 3.74. The van der Waals surface area contributed by atoms with Crippen LogP contribution in [-0.4, -0.2) is 15.2 Å². The topological polar surface area (TPSA) is 59.2 Å². The number of phenolic OH excluding ortho intramolecular Hbond substituents is 1. The zero-order valence-corrected chi connectivity index (χ0v) is 12.3. The van der Waals surface area contributed by atoms with Crippen molar-refractivity contribution in [2.45, 2.75) is 6.42 Å². The summed E-state index contributed by atoms with van der Waals surface area (Å²) in [7, 11) is 0. The first-order valence-electron chi connectivity index (χ1n) is 6.18. The highest BCUT2D eigenvalue weighted by atomic mass is 79.9. The van der Waals surface area contributed by atoms with Crippen molar-refractivity contribution in [2.75, 3.05) is 0 Å². The minimum Gasteiger partial charge on any atom is -0.507 e. The zero-order chi connectivity index (χ0) is 14.8. The van der Waals surface area contributed by atoms with Crippen molar-refractivity contribution in [1.29, 1.82) is 0 Å². The van der Waals surface area contributed by atoms with Crippen LogP contribution in [0.2, 0.25) is 0 Å². The van der Waals surface area contributed by atoms with Crippen LogP contribution in [0.4, 0.5) is 4.39 Å². The minimum absolute atomic E-state index is 0.162. The van der Waals surface area contributed by atoms with E-state index >= 15 is 0 Å². The molecule has 3 rings (SSSR count). The quantitative estimate of drug-likeness (QED) is 0.778. The van der Waals surface area contributed by atoms with Gasteiger partial charge in [-0.1, -0.05) is 39.3 Å². The summed E-state index contributed by atoms with van der Waals surface area (Å²) in [4.78, 5) is 4.23. The van der Waals surface area contributed by atoms with Crippen molar-refractivity contribution >= 4 is 15.9 Å². The van der Waals surface area contributed by atoms with Gasteiger partial charge in [-0.3, -0.25) is 0 Å². The Morgan fingerprint density at radius 2 is 2.00 bits per heavy atom. The monoisotopic (exact) mass is 348 g/mol. The maximum atomic E-state index is 13.0. The van der Waals surface area contributed by atoms with Crippen LogP contribution < -0.4 is 0 Å². The highest BCUT2D eigenvalue weighted by molar-refractivity contribution is 9.10. The van der Waals surface area contributed by atoms with Gasteiger partial charge in [0.15, 0.2) is 5.82 Å². The van der Waals surface area contributed by atoms with Crippen molar-refractivity contribution in [3.8, 4) is 17.2 Å². The molecule has 0 atom stereocenters. The van der Waals surface area contributed by atoms with E-state index in [1.54, 1.807) is 0 Å². The number of rotatable bonds is 3. The Morgan fingerprint density at radius 3 is 2.76 bits per heavy atom. The number of hydrogen-bond acceptors (Lipinski definition) is 4. The first kappa shape index (κ1) is 13.8. The van der Waals surface area contributed by atoms with E-state index in [1.165, 1.54) is 12.1 Å². The van der Waals surface area contributed by atoms with Crippen molar-refractivity contribution in [3.05, 3.63) is 64.1 Å². The average Bonchev–Trinajstić information content (AvgIpc) is 2.90. The third kappa shape index (κ3) is 2.95. The standard InChI is InChI=1S/C15H10BrFN2O2/c16-12-4-2-1-3-9(12)7-14-18-15(21-19-14)11-6-5-10(17)8-13(11)20/h1-6,8,20H,7H2. The van der Waals surface area contributed by atoms with Crippen molar-refractivity contribution < 1.29 is 14.0 Å². The summed E-state index contributed by atoms with van der Waals surface area (Å²) in [6.45, 7) is 0. The van der Waals surface area contributed by atoms with Gasteiger partial charge < -0.3 is 9.63 Å². The molecular weight excluding hydrogens is 339 g/mol. The van der Waals surface area contributed by atoms with Gasteiger partial charge in [0, 0.05) is 17.0 Å². The molecule has 3 aromatic rings. The molecule has 0 saturated carbocycles. The van der Waals surface area contributed by atoms with Crippen molar-refractivity contribution in [1.82, 2.24) is 10.1 Å². The first-order chi connectivity index (χ1) is 10.1. The number of phenols is 1. The second-order valence-electron chi connectivity index (χ2n) is 4.45. The van der Waals surface area contributed by atoms with E-state index in [-0.39, 0.29) is 11.6 Å². The van der Waals surface area contributed by atoms with Gasteiger partial charge in [-0.25, -0.2) is 4.39 Å². The SMILES string of the molecule is Oc1cc(F)ccc1-c1nc(Cc2ccccc2Br)no1. The van der Waals surface area contributed by atoms with Crippen molar-refractivity contribution in [3.63, 3.8) is 0 Å². The molecule has 0 unspecified atom stereocenters. The molecule has 21 heavy (non-hydrogen) atoms. The Labute approximate surface area is 128 Å². The lowest BCUT2D eigenvalue weighted by molar-refractivity contribution is 0.418.